The number of ether oxygens (including phenoxy) is 3. The van der Waals surface area contributed by atoms with Crippen molar-refractivity contribution >= 4 is 21.6 Å². The van der Waals surface area contributed by atoms with Crippen LogP contribution in [0.2, 0.25) is 0 Å². The first-order valence-corrected chi connectivity index (χ1v) is 12.2. The molecule has 0 saturated carbocycles. The Hall–Kier alpha value is -2.62. The minimum absolute atomic E-state index is 0.0666. The summed E-state index contributed by atoms with van der Waals surface area (Å²) >= 11 is 0. The van der Waals surface area contributed by atoms with Crippen LogP contribution in [0.15, 0.2) is 47.4 Å². The van der Waals surface area contributed by atoms with E-state index in [1.807, 2.05) is 0 Å². The minimum atomic E-state index is -3.92. The third-order valence-corrected chi connectivity index (χ3v) is 7.44. The van der Waals surface area contributed by atoms with Crippen LogP contribution in [0.1, 0.15) is 28.8 Å². The molecule has 0 spiro atoms. The quantitative estimate of drug-likeness (QED) is 0.712. The zero-order chi connectivity index (χ0) is 22.7. The average Bonchev–Trinajstić information content (AvgIpc) is 3.34. The molecule has 2 aromatic carbocycles. The van der Waals surface area contributed by atoms with Crippen LogP contribution < -0.4 is 9.46 Å². The molecule has 8 nitrogen and oxygen atoms in total. The average molecular weight is 461 g/mol. The number of hydrogen-bond acceptors (Lipinski definition) is 6. The summed E-state index contributed by atoms with van der Waals surface area (Å²) in [5.41, 5.74) is 1.24. The third-order valence-electron chi connectivity index (χ3n) is 5.94. The first-order valence-electron chi connectivity index (χ1n) is 10.7. The van der Waals surface area contributed by atoms with Crippen molar-refractivity contribution < 1.29 is 27.4 Å². The fourth-order valence-electron chi connectivity index (χ4n) is 4.16. The number of carbonyl (C=O) groups is 1. The number of aryl methyl sites for hydroxylation is 1. The Labute approximate surface area is 188 Å². The highest BCUT2D eigenvalue weighted by molar-refractivity contribution is 7.92. The number of nitrogens with zero attached hydrogens (tertiary/aromatic N) is 1. The van der Waals surface area contributed by atoms with E-state index in [0.29, 0.717) is 48.9 Å². The van der Waals surface area contributed by atoms with Gasteiger partial charge in [-0.1, -0.05) is 18.2 Å². The maximum absolute atomic E-state index is 13.1. The lowest BCUT2D eigenvalue weighted by molar-refractivity contribution is -0.0956. The summed E-state index contributed by atoms with van der Waals surface area (Å²) in [5, 5.41) is 0. The van der Waals surface area contributed by atoms with Gasteiger partial charge in [0.2, 0.25) is 0 Å². The summed E-state index contributed by atoms with van der Waals surface area (Å²) < 4.78 is 45.2. The fourth-order valence-corrected chi connectivity index (χ4v) is 5.50. The number of benzene rings is 2. The van der Waals surface area contributed by atoms with Crippen LogP contribution in [0.5, 0.6) is 5.75 Å². The number of nitrogens with one attached hydrogen (secondary N) is 1. The lowest BCUT2D eigenvalue weighted by Gasteiger charge is -2.34. The van der Waals surface area contributed by atoms with Gasteiger partial charge in [-0.25, -0.2) is 8.42 Å². The molecule has 1 N–H and O–H groups in total. The molecule has 0 bridgehead atoms. The van der Waals surface area contributed by atoms with Crippen LogP contribution in [0, 0.1) is 12.8 Å². The van der Waals surface area contributed by atoms with Crippen LogP contribution in [0.3, 0.4) is 0 Å². The van der Waals surface area contributed by atoms with E-state index >= 15 is 0 Å². The SMILES string of the molecule is COc1ccccc1NS(=O)(=O)c1cc(C(=O)N2CCC(C3OCCO3)CC2)ccc1C. The van der Waals surface area contributed by atoms with Crippen molar-refractivity contribution in [3.63, 3.8) is 0 Å². The van der Waals surface area contributed by atoms with Gasteiger partial charge in [0.1, 0.15) is 5.75 Å². The van der Waals surface area contributed by atoms with Gasteiger partial charge >= 0.3 is 0 Å². The number of anilines is 1. The van der Waals surface area contributed by atoms with E-state index in [9.17, 15) is 13.2 Å². The summed E-state index contributed by atoms with van der Waals surface area (Å²) in [6, 6.07) is 11.6. The molecule has 172 valence electrons. The summed E-state index contributed by atoms with van der Waals surface area (Å²) in [7, 11) is -2.44. The molecule has 0 aliphatic carbocycles. The molecule has 32 heavy (non-hydrogen) atoms. The van der Waals surface area contributed by atoms with Gasteiger partial charge < -0.3 is 19.1 Å². The van der Waals surface area contributed by atoms with Gasteiger partial charge in [0.15, 0.2) is 6.29 Å². The largest absolute Gasteiger partial charge is 0.495 e. The maximum atomic E-state index is 13.1. The normalized spacial score (nSPS) is 18.0. The van der Waals surface area contributed by atoms with E-state index in [1.54, 1.807) is 48.2 Å². The van der Waals surface area contributed by atoms with E-state index in [1.165, 1.54) is 13.2 Å². The number of piperidine rings is 1. The highest BCUT2D eigenvalue weighted by atomic mass is 32.2. The number of sulfonamides is 1. The van der Waals surface area contributed by atoms with Crippen molar-refractivity contribution in [3.05, 3.63) is 53.6 Å². The standard InChI is InChI=1S/C23H28N2O6S/c1-16-7-8-18(22(26)25-11-9-17(10-12-25)23-30-13-14-31-23)15-21(16)32(27,28)24-19-5-3-4-6-20(19)29-2/h3-8,15,17,23-24H,9-14H2,1-2H3. The van der Waals surface area contributed by atoms with Gasteiger partial charge in [0.25, 0.3) is 15.9 Å². The third kappa shape index (κ3) is 4.74. The van der Waals surface area contributed by atoms with E-state index < -0.39 is 10.0 Å². The van der Waals surface area contributed by atoms with E-state index in [0.717, 1.165) is 12.8 Å². The van der Waals surface area contributed by atoms with Gasteiger partial charge in [-0.3, -0.25) is 9.52 Å². The molecule has 2 heterocycles. The van der Waals surface area contributed by atoms with Crippen molar-refractivity contribution in [2.45, 2.75) is 31.0 Å². The van der Waals surface area contributed by atoms with Crippen molar-refractivity contribution in [2.75, 3.05) is 38.1 Å². The Balaban J connectivity index is 1.50. The Morgan fingerprint density at radius 1 is 1.09 bits per heavy atom. The van der Waals surface area contributed by atoms with Crippen LogP contribution in [0.25, 0.3) is 0 Å². The first kappa shape index (κ1) is 22.6. The monoisotopic (exact) mass is 460 g/mol. The van der Waals surface area contributed by atoms with E-state index in [-0.39, 0.29) is 23.0 Å². The van der Waals surface area contributed by atoms with E-state index in [4.69, 9.17) is 14.2 Å². The van der Waals surface area contributed by atoms with Crippen LogP contribution >= 0.6 is 0 Å². The second kappa shape index (κ2) is 9.48. The molecule has 2 fully saturated rings. The Morgan fingerprint density at radius 2 is 1.78 bits per heavy atom. The van der Waals surface area contributed by atoms with Crippen molar-refractivity contribution in [3.8, 4) is 5.75 Å². The highest BCUT2D eigenvalue weighted by Crippen LogP contribution is 2.29. The van der Waals surface area contributed by atoms with Crippen LogP contribution in [-0.4, -0.2) is 58.9 Å². The summed E-state index contributed by atoms with van der Waals surface area (Å²) in [6.45, 7) is 4.11. The predicted molar refractivity (Wildman–Crippen MR) is 119 cm³/mol. The minimum Gasteiger partial charge on any atom is -0.495 e. The van der Waals surface area contributed by atoms with Crippen LogP contribution in [0.4, 0.5) is 5.69 Å². The van der Waals surface area contributed by atoms with E-state index in [2.05, 4.69) is 4.72 Å². The number of para-hydroxylation sites is 2. The molecule has 0 atom stereocenters. The molecule has 2 saturated heterocycles. The summed E-state index contributed by atoms with van der Waals surface area (Å²) in [4.78, 5) is 14.9. The topological polar surface area (TPSA) is 94.2 Å². The number of rotatable bonds is 6. The molecule has 2 aliphatic heterocycles. The number of hydrogen-bond donors (Lipinski definition) is 1. The molecule has 2 aliphatic rings. The molecule has 9 heteroatoms. The molecule has 4 rings (SSSR count). The van der Waals surface area contributed by atoms with Gasteiger partial charge in [-0.15, -0.1) is 0 Å². The molecule has 2 aromatic rings. The van der Waals surface area contributed by atoms with Crippen molar-refractivity contribution in [2.24, 2.45) is 5.92 Å². The van der Waals surface area contributed by atoms with Gasteiger partial charge in [0.05, 0.1) is 30.9 Å². The predicted octanol–water partition coefficient (Wildman–Crippen LogP) is 3.03. The van der Waals surface area contributed by atoms with Crippen molar-refractivity contribution in [1.82, 2.24) is 4.90 Å². The molecule has 0 unspecified atom stereocenters. The second-order valence-corrected chi connectivity index (χ2v) is 9.68. The van der Waals surface area contributed by atoms with Crippen molar-refractivity contribution in [1.29, 1.82) is 0 Å². The molecule has 0 radical (unpaired) electrons. The summed E-state index contributed by atoms with van der Waals surface area (Å²) in [5.74, 6) is 0.519. The van der Waals surface area contributed by atoms with Gasteiger partial charge in [-0.05, 0) is 49.6 Å². The number of methoxy groups -OCH3 is 1. The van der Waals surface area contributed by atoms with Gasteiger partial charge in [0, 0.05) is 24.6 Å². The smallest absolute Gasteiger partial charge is 0.262 e. The summed E-state index contributed by atoms with van der Waals surface area (Å²) in [6.07, 6.45) is 1.41. The second-order valence-electron chi connectivity index (χ2n) is 8.03. The zero-order valence-corrected chi connectivity index (χ0v) is 19.1. The number of carbonyl (C=O) groups excluding carboxylic acids is 1. The Morgan fingerprint density at radius 3 is 2.47 bits per heavy atom. The Kier molecular flexibility index (Phi) is 6.68. The van der Waals surface area contributed by atoms with Gasteiger partial charge in [-0.2, -0.15) is 0 Å². The zero-order valence-electron chi connectivity index (χ0n) is 18.2. The number of amides is 1. The molecule has 0 aromatic heterocycles. The first-order chi connectivity index (χ1) is 15.4. The fraction of sp³-hybridized carbons (Fsp3) is 0.435. The molecular weight excluding hydrogens is 432 g/mol. The number of likely N-dealkylation sites (tertiary alicyclic amines) is 1. The highest BCUT2D eigenvalue weighted by Gasteiger charge is 2.32. The lowest BCUT2D eigenvalue weighted by atomic mass is 9.95. The van der Waals surface area contributed by atoms with Crippen LogP contribution in [-0.2, 0) is 19.5 Å². The lowest BCUT2D eigenvalue weighted by Crippen LogP contribution is -2.41. The maximum Gasteiger partial charge on any atom is 0.262 e. The Bertz CT molecular complexity index is 1070. The molecular formula is C23H28N2O6S. The molecule has 1 amide bonds.